The Balaban J connectivity index is 2.04. The highest BCUT2D eigenvalue weighted by Gasteiger charge is 2.30. The topological polar surface area (TPSA) is 118 Å². The number of carbonyl (C=O) groups excluding carboxylic acids is 4. The molecule has 2 unspecified atom stereocenters. The molecule has 0 aliphatic heterocycles. The predicted octanol–water partition coefficient (Wildman–Crippen LogP) is 2.85. The van der Waals surface area contributed by atoms with Crippen LogP contribution >= 0.6 is 23.2 Å². The van der Waals surface area contributed by atoms with Crippen molar-refractivity contribution in [3.05, 3.63) is 69.7 Å². The summed E-state index contributed by atoms with van der Waals surface area (Å²) in [7, 11) is 0. The Hall–Kier alpha value is -2.90. The SMILES string of the molecule is CC(C)C(NC(=O)CCc1ccc(Cl)c(Cl)c1)C(=O)NC(Cc1ccccc1)C(=O)C(N)=O. The van der Waals surface area contributed by atoms with Crippen LogP contribution in [-0.4, -0.2) is 35.6 Å². The van der Waals surface area contributed by atoms with Gasteiger partial charge in [-0.05, 0) is 35.6 Å². The first-order chi connectivity index (χ1) is 15.6. The van der Waals surface area contributed by atoms with E-state index in [-0.39, 0.29) is 24.7 Å². The molecule has 2 aromatic carbocycles. The van der Waals surface area contributed by atoms with E-state index in [0.717, 1.165) is 11.1 Å². The normalized spacial score (nSPS) is 12.6. The van der Waals surface area contributed by atoms with Gasteiger partial charge >= 0.3 is 0 Å². The molecule has 0 spiro atoms. The summed E-state index contributed by atoms with van der Waals surface area (Å²) >= 11 is 11.9. The highest BCUT2D eigenvalue weighted by molar-refractivity contribution is 6.42. The average Bonchev–Trinajstić information content (AvgIpc) is 2.77. The number of carbonyl (C=O) groups is 4. The summed E-state index contributed by atoms with van der Waals surface area (Å²) in [6, 6.07) is 12.0. The van der Waals surface area contributed by atoms with E-state index in [1.54, 1.807) is 56.3 Å². The first-order valence-corrected chi connectivity index (χ1v) is 11.2. The van der Waals surface area contributed by atoms with Crippen molar-refractivity contribution in [2.24, 2.45) is 11.7 Å². The van der Waals surface area contributed by atoms with E-state index in [9.17, 15) is 19.2 Å². The van der Waals surface area contributed by atoms with E-state index in [1.165, 1.54) is 0 Å². The van der Waals surface area contributed by atoms with Crippen LogP contribution in [0, 0.1) is 5.92 Å². The van der Waals surface area contributed by atoms with Gasteiger partial charge in [0.05, 0.1) is 10.0 Å². The number of hydrogen-bond donors (Lipinski definition) is 3. The lowest BCUT2D eigenvalue weighted by Gasteiger charge is -2.25. The van der Waals surface area contributed by atoms with Crippen LogP contribution in [0.15, 0.2) is 48.5 Å². The number of nitrogens with two attached hydrogens (primary N) is 1. The summed E-state index contributed by atoms with van der Waals surface area (Å²) in [6.45, 7) is 3.54. The molecule has 9 heteroatoms. The number of ketones is 1. The number of Topliss-reactive ketones (excluding diaryl/α,β-unsaturated/α-hetero) is 1. The average molecular weight is 492 g/mol. The van der Waals surface area contributed by atoms with Crippen LogP contribution in [0.25, 0.3) is 0 Å². The highest BCUT2D eigenvalue weighted by atomic mass is 35.5. The number of aryl methyl sites for hydroxylation is 1. The summed E-state index contributed by atoms with van der Waals surface area (Å²) in [4.78, 5) is 49.3. The van der Waals surface area contributed by atoms with Gasteiger partial charge in [-0.2, -0.15) is 0 Å². The number of primary amides is 1. The summed E-state index contributed by atoms with van der Waals surface area (Å²) in [5.74, 6) is -3.21. The lowest BCUT2D eigenvalue weighted by Crippen LogP contribution is -2.55. The Morgan fingerprint density at radius 3 is 2.15 bits per heavy atom. The molecule has 2 rings (SSSR count). The third kappa shape index (κ3) is 8.18. The van der Waals surface area contributed by atoms with Crippen molar-refractivity contribution in [2.45, 2.75) is 45.2 Å². The summed E-state index contributed by atoms with van der Waals surface area (Å²) in [5, 5.41) is 6.13. The number of benzene rings is 2. The van der Waals surface area contributed by atoms with Gasteiger partial charge in [-0.15, -0.1) is 0 Å². The highest BCUT2D eigenvalue weighted by Crippen LogP contribution is 2.23. The lowest BCUT2D eigenvalue weighted by molar-refractivity contribution is -0.139. The minimum absolute atomic E-state index is 0.102. The van der Waals surface area contributed by atoms with Crippen molar-refractivity contribution < 1.29 is 19.2 Å². The van der Waals surface area contributed by atoms with Crippen LogP contribution in [0.5, 0.6) is 0 Å². The van der Waals surface area contributed by atoms with E-state index >= 15 is 0 Å². The fourth-order valence-corrected chi connectivity index (χ4v) is 3.55. The van der Waals surface area contributed by atoms with Crippen LogP contribution in [0.3, 0.4) is 0 Å². The number of hydrogen-bond acceptors (Lipinski definition) is 4. The van der Waals surface area contributed by atoms with E-state index in [0.29, 0.717) is 16.5 Å². The molecule has 176 valence electrons. The van der Waals surface area contributed by atoms with Gasteiger partial charge in [0, 0.05) is 12.8 Å². The molecule has 3 amide bonds. The Morgan fingerprint density at radius 2 is 1.58 bits per heavy atom. The largest absolute Gasteiger partial charge is 0.363 e. The molecule has 33 heavy (non-hydrogen) atoms. The number of nitrogens with one attached hydrogen (secondary N) is 2. The summed E-state index contributed by atoms with van der Waals surface area (Å²) in [6.07, 6.45) is 0.637. The zero-order chi connectivity index (χ0) is 24.5. The fraction of sp³-hybridized carbons (Fsp3) is 0.333. The summed E-state index contributed by atoms with van der Waals surface area (Å²) < 4.78 is 0. The lowest BCUT2D eigenvalue weighted by atomic mass is 9.99. The van der Waals surface area contributed by atoms with Gasteiger partial charge in [0.15, 0.2) is 0 Å². The third-order valence-corrected chi connectivity index (χ3v) is 5.79. The molecule has 2 aromatic rings. The van der Waals surface area contributed by atoms with Crippen molar-refractivity contribution in [2.75, 3.05) is 0 Å². The van der Waals surface area contributed by atoms with Crippen LogP contribution < -0.4 is 16.4 Å². The molecule has 0 aromatic heterocycles. The van der Waals surface area contributed by atoms with Crippen molar-refractivity contribution in [1.82, 2.24) is 10.6 Å². The Kier molecular flexibility index (Phi) is 9.88. The molecule has 0 aliphatic rings. The molecule has 0 bridgehead atoms. The smallest absolute Gasteiger partial charge is 0.287 e. The molecule has 4 N–H and O–H groups in total. The molecule has 0 aliphatic carbocycles. The Morgan fingerprint density at radius 1 is 0.909 bits per heavy atom. The molecule has 0 fully saturated rings. The van der Waals surface area contributed by atoms with E-state index in [2.05, 4.69) is 10.6 Å². The predicted molar refractivity (Wildman–Crippen MR) is 128 cm³/mol. The molecular weight excluding hydrogens is 465 g/mol. The van der Waals surface area contributed by atoms with Gasteiger partial charge in [0.25, 0.3) is 5.91 Å². The van der Waals surface area contributed by atoms with Crippen LogP contribution in [0.2, 0.25) is 10.0 Å². The van der Waals surface area contributed by atoms with Crippen LogP contribution in [0.4, 0.5) is 0 Å². The molecule has 0 radical (unpaired) electrons. The van der Waals surface area contributed by atoms with Crippen molar-refractivity contribution in [3.63, 3.8) is 0 Å². The van der Waals surface area contributed by atoms with Crippen LogP contribution in [-0.2, 0) is 32.0 Å². The maximum absolute atomic E-state index is 12.9. The first kappa shape index (κ1) is 26.4. The van der Waals surface area contributed by atoms with E-state index < -0.39 is 29.7 Å². The van der Waals surface area contributed by atoms with Gasteiger partial charge in [-0.25, -0.2) is 0 Å². The molecule has 0 heterocycles. The first-order valence-electron chi connectivity index (χ1n) is 10.5. The maximum Gasteiger partial charge on any atom is 0.287 e. The molecule has 2 atom stereocenters. The van der Waals surface area contributed by atoms with Crippen molar-refractivity contribution in [1.29, 1.82) is 0 Å². The Bertz CT molecular complexity index is 1010. The monoisotopic (exact) mass is 491 g/mol. The van der Waals surface area contributed by atoms with Crippen molar-refractivity contribution in [3.8, 4) is 0 Å². The second-order valence-electron chi connectivity index (χ2n) is 8.02. The third-order valence-electron chi connectivity index (χ3n) is 5.05. The fourth-order valence-electron chi connectivity index (χ4n) is 3.23. The number of rotatable bonds is 11. The minimum atomic E-state index is -1.14. The zero-order valence-electron chi connectivity index (χ0n) is 18.4. The minimum Gasteiger partial charge on any atom is -0.363 e. The molecular formula is C24H27Cl2N3O4. The van der Waals surface area contributed by atoms with Gasteiger partial charge < -0.3 is 16.4 Å². The maximum atomic E-state index is 12.9. The van der Waals surface area contributed by atoms with Gasteiger partial charge in [0.2, 0.25) is 17.6 Å². The second-order valence-corrected chi connectivity index (χ2v) is 8.83. The summed E-state index contributed by atoms with van der Waals surface area (Å²) in [5.41, 5.74) is 6.76. The zero-order valence-corrected chi connectivity index (χ0v) is 20.0. The molecule has 0 saturated heterocycles. The van der Waals surface area contributed by atoms with E-state index in [1.807, 2.05) is 6.07 Å². The second kappa shape index (κ2) is 12.4. The van der Waals surface area contributed by atoms with Crippen molar-refractivity contribution >= 4 is 46.7 Å². The Labute approximate surface area is 203 Å². The van der Waals surface area contributed by atoms with E-state index in [4.69, 9.17) is 28.9 Å². The standard InChI is InChI=1S/C24H27Cl2N3O4/c1-14(2)21(29-20(30)11-9-16-8-10-17(25)18(26)12-16)24(33)28-19(22(31)23(27)32)13-15-6-4-3-5-7-15/h3-8,10,12,14,19,21H,9,11,13H2,1-2H3,(H2,27,32)(H,28,33)(H,29,30). The molecule has 0 saturated carbocycles. The molecule has 7 nitrogen and oxygen atoms in total. The van der Waals surface area contributed by atoms with Gasteiger partial charge in [-0.3, -0.25) is 19.2 Å². The number of amides is 3. The van der Waals surface area contributed by atoms with Gasteiger partial charge in [-0.1, -0.05) is 73.4 Å². The van der Waals surface area contributed by atoms with Crippen LogP contribution in [0.1, 0.15) is 31.4 Å². The number of halogens is 2. The van der Waals surface area contributed by atoms with Gasteiger partial charge in [0.1, 0.15) is 12.1 Å². The quantitative estimate of drug-likeness (QED) is 0.418.